The third-order valence-electron chi connectivity index (χ3n) is 3.37. The molecule has 112 valence electrons. The van der Waals surface area contributed by atoms with E-state index in [1.807, 2.05) is 44.2 Å². The Balaban J connectivity index is 2.55. The Morgan fingerprint density at radius 1 is 1.20 bits per heavy atom. The van der Waals surface area contributed by atoms with Gasteiger partial charge in [0.1, 0.15) is 5.78 Å². The average molecular weight is 279 g/mol. The van der Waals surface area contributed by atoms with Crippen molar-refractivity contribution in [3.63, 3.8) is 0 Å². The highest BCUT2D eigenvalue weighted by molar-refractivity contribution is 5.84. The van der Waals surface area contributed by atoms with E-state index >= 15 is 0 Å². The number of carbonyl (C=O) groups is 1. The molecule has 0 aliphatic rings. The minimum Gasteiger partial charge on any atom is -0.368 e. The van der Waals surface area contributed by atoms with Gasteiger partial charge in [-0.2, -0.15) is 0 Å². The number of Topliss-reactive ketones (excluding diaryl/α,β-unsaturated/α-hetero) is 1. The quantitative estimate of drug-likeness (QED) is 0.630. The second-order valence-corrected chi connectivity index (χ2v) is 5.77. The molecule has 4 N–H and O–H groups in total. The largest absolute Gasteiger partial charge is 0.368 e. The van der Waals surface area contributed by atoms with Gasteiger partial charge in [0, 0.05) is 12.3 Å². The molecule has 0 unspecified atom stereocenters. The van der Waals surface area contributed by atoms with E-state index in [4.69, 9.17) is 5.73 Å². The zero-order valence-electron chi connectivity index (χ0n) is 12.2. The molecule has 0 fully saturated rings. The van der Waals surface area contributed by atoms with Crippen molar-refractivity contribution in [3.8, 4) is 0 Å². The predicted octanol–water partition coefficient (Wildman–Crippen LogP) is 1.49. The van der Waals surface area contributed by atoms with Crippen LogP contribution >= 0.6 is 0 Å². The molecule has 1 aromatic rings. The molecular formula is C16H25NO3. The van der Waals surface area contributed by atoms with Crippen LogP contribution in [0.15, 0.2) is 30.3 Å². The monoisotopic (exact) mass is 279 g/mol. The van der Waals surface area contributed by atoms with Gasteiger partial charge in [-0.25, -0.2) is 0 Å². The van der Waals surface area contributed by atoms with E-state index in [1.54, 1.807) is 0 Å². The van der Waals surface area contributed by atoms with Gasteiger partial charge in [0.15, 0.2) is 6.29 Å². The minimum atomic E-state index is -1.47. The Morgan fingerprint density at radius 2 is 1.80 bits per heavy atom. The van der Waals surface area contributed by atoms with Crippen molar-refractivity contribution in [3.05, 3.63) is 35.9 Å². The highest BCUT2D eigenvalue weighted by atomic mass is 16.5. The first-order chi connectivity index (χ1) is 9.40. The summed E-state index contributed by atoms with van der Waals surface area (Å²) in [4.78, 5) is 12.1. The second-order valence-electron chi connectivity index (χ2n) is 5.77. The van der Waals surface area contributed by atoms with Crippen LogP contribution in [0.5, 0.6) is 0 Å². The number of aliphatic hydroxyl groups excluding tert-OH is 1. The van der Waals surface area contributed by atoms with Crippen LogP contribution in [0, 0.1) is 11.8 Å². The van der Waals surface area contributed by atoms with Crippen molar-refractivity contribution < 1.29 is 15.0 Å². The van der Waals surface area contributed by atoms with Gasteiger partial charge in [-0.15, -0.1) is 0 Å². The summed E-state index contributed by atoms with van der Waals surface area (Å²) in [7, 11) is 0. The number of hydrogen-bond donors (Lipinski definition) is 3. The average Bonchev–Trinajstić information content (AvgIpc) is 2.38. The topological polar surface area (TPSA) is 83.6 Å². The Kier molecular flexibility index (Phi) is 6.85. The van der Waals surface area contributed by atoms with Crippen LogP contribution in [0.2, 0.25) is 0 Å². The number of nitrogens with two attached hydrogens (primary N) is 1. The Bertz CT molecular complexity index is 403. The Hall–Kier alpha value is -1.23. The van der Waals surface area contributed by atoms with Crippen LogP contribution in [-0.2, 0) is 11.2 Å². The lowest BCUT2D eigenvalue weighted by molar-refractivity contribution is -0.129. The molecule has 4 nitrogen and oxygen atoms in total. The van der Waals surface area contributed by atoms with Gasteiger partial charge in [0.25, 0.3) is 0 Å². The first-order valence-electron chi connectivity index (χ1n) is 7.08. The van der Waals surface area contributed by atoms with Crippen molar-refractivity contribution in [1.82, 2.24) is 0 Å². The number of hydrogen-bond acceptors (Lipinski definition) is 4. The Morgan fingerprint density at radius 3 is 2.30 bits per heavy atom. The standard InChI is InChI=1S/C16H25NO3/c1-11(2)8-13(16(19)20)10-15(18)14(17)9-12-6-4-3-5-7-12/h3-7,11,13-14,16,19-20H,8-10,17H2,1-2H3/t13-,14+/m1/s1. The second kappa shape index (κ2) is 8.15. The van der Waals surface area contributed by atoms with Crippen LogP contribution < -0.4 is 5.73 Å². The predicted molar refractivity (Wildman–Crippen MR) is 78.9 cm³/mol. The van der Waals surface area contributed by atoms with Crippen LogP contribution in [0.4, 0.5) is 0 Å². The maximum Gasteiger partial charge on any atom is 0.154 e. The van der Waals surface area contributed by atoms with E-state index in [-0.39, 0.29) is 12.2 Å². The summed E-state index contributed by atoms with van der Waals surface area (Å²) in [6.07, 6.45) is -0.272. The van der Waals surface area contributed by atoms with Gasteiger partial charge in [-0.05, 0) is 24.3 Å². The summed E-state index contributed by atoms with van der Waals surface area (Å²) >= 11 is 0. The molecule has 0 spiro atoms. The van der Waals surface area contributed by atoms with Crippen LogP contribution in [-0.4, -0.2) is 28.3 Å². The fourth-order valence-electron chi connectivity index (χ4n) is 2.31. The van der Waals surface area contributed by atoms with Crippen LogP contribution in [0.1, 0.15) is 32.3 Å². The lowest BCUT2D eigenvalue weighted by atomic mass is 9.89. The molecule has 2 atom stereocenters. The van der Waals surface area contributed by atoms with Crippen molar-refractivity contribution in [2.75, 3.05) is 0 Å². The highest BCUT2D eigenvalue weighted by Crippen LogP contribution is 2.19. The minimum absolute atomic E-state index is 0.115. The lowest BCUT2D eigenvalue weighted by Crippen LogP contribution is -2.36. The van der Waals surface area contributed by atoms with E-state index < -0.39 is 18.2 Å². The molecule has 0 aliphatic carbocycles. The van der Waals surface area contributed by atoms with Gasteiger partial charge >= 0.3 is 0 Å². The lowest BCUT2D eigenvalue weighted by Gasteiger charge is -2.21. The van der Waals surface area contributed by atoms with Gasteiger partial charge in [0.05, 0.1) is 6.04 Å². The maximum absolute atomic E-state index is 12.1. The third kappa shape index (κ3) is 5.82. The number of rotatable bonds is 8. The highest BCUT2D eigenvalue weighted by Gasteiger charge is 2.24. The zero-order valence-corrected chi connectivity index (χ0v) is 12.2. The van der Waals surface area contributed by atoms with Gasteiger partial charge in [-0.3, -0.25) is 4.79 Å². The van der Waals surface area contributed by atoms with Crippen molar-refractivity contribution in [2.45, 2.75) is 45.4 Å². The van der Waals surface area contributed by atoms with Crippen molar-refractivity contribution in [2.24, 2.45) is 17.6 Å². The number of carbonyl (C=O) groups excluding carboxylic acids is 1. The molecule has 0 heterocycles. The maximum atomic E-state index is 12.1. The first kappa shape index (κ1) is 16.8. The summed E-state index contributed by atoms with van der Waals surface area (Å²) in [5.41, 5.74) is 6.93. The molecule has 20 heavy (non-hydrogen) atoms. The zero-order chi connectivity index (χ0) is 15.1. The van der Waals surface area contributed by atoms with Gasteiger partial charge in [0.2, 0.25) is 0 Å². The molecule has 1 aromatic carbocycles. The van der Waals surface area contributed by atoms with Crippen LogP contribution in [0.25, 0.3) is 0 Å². The normalized spacial score (nSPS) is 14.6. The van der Waals surface area contributed by atoms with E-state index in [0.717, 1.165) is 5.56 Å². The SMILES string of the molecule is CC(C)C[C@H](CC(=O)[C@@H](N)Cc1ccccc1)C(O)O. The summed E-state index contributed by atoms with van der Waals surface area (Å²) in [5.74, 6) is -0.253. The van der Waals surface area contributed by atoms with Crippen molar-refractivity contribution >= 4 is 5.78 Å². The van der Waals surface area contributed by atoms with Gasteiger partial charge < -0.3 is 15.9 Å². The van der Waals surface area contributed by atoms with E-state index in [1.165, 1.54) is 0 Å². The van der Waals surface area contributed by atoms with E-state index in [9.17, 15) is 15.0 Å². The molecule has 0 radical (unpaired) electrons. The smallest absolute Gasteiger partial charge is 0.154 e. The summed E-state index contributed by atoms with van der Waals surface area (Å²) in [6.45, 7) is 3.98. The summed E-state index contributed by atoms with van der Waals surface area (Å²) in [5, 5.41) is 18.7. The molecule has 4 heteroatoms. The molecule has 0 saturated carbocycles. The molecule has 0 amide bonds. The van der Waals surface area contributed by atoms with Crippen LogP contribution in [0.3, 0.4) is 0 Å². The Labute approximate surface area is 120 Å². The fourth-order valence-corrected chi connectivity index (χ4v) is 2.31. The number of aliphatic hydroxyl groups is 2. The van der Waals surface area contributed by atoms with Gasteiger partial charge in [-0.1, -0.05) is 44.2 Å². The number of ketones is 1. The molecule has 0 saturated heterocycles. The molecule has 0 aromatic heterocycles. The first-order valence-corrected chi connectivity index (χ1v) is 7.08. The summed E-state index contributed by atoms with van der Waals surface area (Å²) < 4.78 is 0. The molecule has 0 aliphatic heterocycles. The molecular weight excluding hydrogens is 254 g/mol. The number of benzene rings is 1. The molecule has 1 rings (SSSR count). The van der Waals surface area contributed by atoms with Crippen molar-refractivity contribution in [1.29, 1.82) is 0 Å². The molecule has 0 bridgehead atoms. The fraction of sp³-hybridized carbons (Fsp3) is 0.562. The third-order valence-corrected chi connectivity index (χ3v) is 3.37. The summed E-state index contributed by atoms with van der Waals surface area (Å²) in [6, 6.07) is 9.00. The van der Waals surface area contributed by atoms with E-state index in [0.29, 0.717) is 18.8 Å². The van der Waals surface area contributed by atoms with E-state index in [2.05, 4.69) is 0 Å².